The Morgan fingerprint density at radius 2 is 1.02 bits per heavy atom. The predicted molar refractivity (Wildman–Crippen MR) is 211 cm³/mol. The van der Waals surface area contributed by atoms with Gasteiger partial charge in [0.25, 0.3) is 0 Å². The molecule has 0 amide bonds. The predicted octanol–water partition coefficient (Wildman–Crippen LogP) is 1.02. The molecule has 0 bridgehead atoms. The first kappa shape index (κ1) is 28.3. The highest BCUT2D eigenvalue weighted by Gasteiger charge is 2.24. The number of hydrogen-bond acceptors (Lipinski definition) is 2. The lowest BCUT2D eigenvalue weighted by Gasteiger charge is -2.24. The summed E-state index contributed by atoms with van der Waals surface area (Å²) in [5, 5.41) is 4.79. The number of benzene rings is 6. The zero-order valence-corrected chi connectivity index (χ0v) is 26.9. The molecule has 0 radical (unpaired) electrons. The maximum atomic E-state index is 5.43. The number of para-hydroxylation sites is 2. The first-order valence-corrected chi connectivity index (χ1v) is 15.9. The van der Waals surface area contributed by atoms with Crippen molar-refractivity contribution in [2.24, 2.45) is 0 Å². The van der Waals surface area contributed by atoms with E-state index in [4.69, 9.17) is 4.98 Å². The number of fused-ring (bicyclic) bond motifs is 3. The molecule has 46 heavy (non-hydrogen) atoms. The number of imidazole rings is 1. The van der Waals surface area contributed by atoms with Gasteiger partial charge in [-0.2, -0.15) is 0 Å². The van der Waals surface area contributed by atoms with E-state index in [1.807, 2.05) is 18.3 Å². The van der Waals surface area contributed by atoms with E-state index in [-0.39, 0.29) is 0 Å². The highest BCUT2D eigenvalue weighted by atomic mass is 15.1. The maximum absolute atomic E-state index is 5.43. The first-order chi connectivity index (χ1) is 22.4. The highest BCUT2D eigenvalue weighted by Crippen LogP contribution is 2.44. The Bertz CT molecular complexity index is 2400. The van der Waals surface area contributed by atoms with Gasteiger partial charge in [-0.1, -0.05) is 107 Å². The molecule has 0 aliphatic heterocycles. The third-order valence-electron chi connectivity index (χ3n) is 10.0. The van der Waals surface area contributed by atoms with Crippen LogP contribution in [0, 0.1) is 0 Å². The molecule has 0 atom stereocenters. The van der Waals surface area contributed by atoms with Gasteiger partial charge in [-0.15, -0.1) is 5.46 Å². The van der Waals surface area contributed by atoms with E-state index in [1.165, 1.54) is 65.7 Å². The summed E-state index contributed by atoms with van der Waals surface area (Å²) < 4.78 is 2.43. The second kappa shape index (κ2) is 11.0. The van der Waals surface area contributed by atoms with Crippen LogP contribution in [0.5, 0.6) is 0 Å². The number of pyridine rings is 1. The average Bonchev–Trinajstić information content (AvgIpc) is 3.48. The molecule has 2 aromatic heterocycles. The van der Waals surface area contributed by atoms with E-state index >= 15 is 0 Å². The van der Waals surface area contributed by atoms with Crippen molar-refractivity contribution >= 4 is 99.1 Å². The Kier molecular flexibility index (Phi) is 6.76. The second-order valence-corrected chi connectivity index (χ2v) is 12.4. The van der Waals surface area contributed by atoms with Gasteiger partial charge in [-0.25, -0.2) is 4.98 Å². The van der Waals surface area contributed by atoms with Crippen LogP contribution in [0.25, 0.3) is 72.0 Å². The second-order valence-electron chi connectivity index (χ2n) is 12.4. The van der Waals surface area contributed by atoms with Gasteiger partial charge < -0.3 is 0 Å². The maximum Gasteiger partial charge on any atom is 0.146 e. The van der Waals surface area contributed by atoms with Crippen LogP contribution in [-0.4, -0.2) is 53.8 Å². The lowest BCUT2D eigenvalue weighted by molar-refractivity contribution is 1.13. The monoisotopic (exact) mass is 583 g/mol. The number of rotatable bonds is 4. The Morgan fingerprint density at radius 1 is 0.478 bits per heavy atom. The summed E-state index contributed by atoms with van der Waals surface area (Å²) in [5.74, 6) is 0.969. The molecule has 0 saturated carbocycles. The zero-order chi connectivity index (χ0) is 31.5. The fourth-order valence-electron chi connectivity index (χ4n) is 7.28. The van der Waals surface area contributed by atoms with Crippen molar-refractivity contribution in [3.05, 3.63) is 121 Å². The van der Waals surface area contributed by atoms with Gasteiger partial charge in [0.05, 0.1) is 16.7 Å². The van der Waals surface area contributed by atoms with Gasteiger partial charge in [-0.3, -0.25) is 9.55 Å². The van der Waals surface area contributed by atoms with Crippen LogP contribution in [0.4, 0.5) is 0 Å². The summed E-state index contributed by atoms with van der Waals surface area (Å²) in [6.07, 6.45) is 1.86. The summed E-state index contributed by atoms with van der Waals surface area (Å²) in [6, 6.07) is 41.1. The molecule has 3 nitrogen and oxygen atoms in total. The molecule has 0 aliphatic carbocycles. The molecule has 0 saturated heterocycles. The van der Waals surface area contributed by atoms with Gasteiger partial charge in [0, 0.05) is 23.0 Å². The van der Waals surface area contributed by atoms with Gasteiger partial charge in [0.1, 0.15) is 45.1 Å². The number of nitrogens with zero attached hydrogens (tertiary/aromatic N) is 3. The van der Waals surface area contributed by atoms with Crippen LogP contribution in [0.2, 0.25) is 0 Å². The van der Waals surface area contributed by atoms with Gasteiger partial charge >= 0.3 is 0 Å². The SMILES string of the molecule is Bc1c(B)c(B)c(-n2c(-c3c4ccccc4c(-c4cccc(-c5ccccn5)c4)c4ccccc34)nc3ccccc32)c(B)c1B. The van der Waals surface area contributed by atoms with Crippen LogP contribution >= 0.6 is 0 Å². The molecule has 0 fully saturated rings. The number of aromatic nitrogens is 3. The van der Waals surface area contributed by atoms with E-state index in [0.717, 1.165) is 33.7 Å². The van der Waals surface area contributed by atoms with Crippen LogP contribution in [0.1, 0.15) is 0 Å². The third kappa shape index (κ3) is 4.28. The summed E-state index contributed by atoms with van der Waals surface area (Å²) in [5.41, 5.74) is 15.6. The first-order valence-electron chi connectivity index (χ1n) is 15.9. The van der Waals surface area contributed by atoms with Gasteiger partial charge in [0.15, 0.2) is 0 Å². The number of hydrogen-bond donors (Lipinski definition) is 0. The summed E-state index contributed by atoms with van der Waals surface area (Å²) in [4.78, 5) is 10.1. The summed E-state index contributed by atoms with van der Waals surface area (Å²) >= 11 is 0. The quantitative estimate of drug-likeness (QED) is 0.229. The molecule has 0 unspecified atom stereocenters. The summed E-state index contributed by atoms with van der Waals surface area (Å²) in [6.45, 7) is 0. The van der Waals surface area contributed by atoms with Crippen LogP contribution < -0.4 is 27.3 Å². The van der Waals surface area contributed by atoms with Crippen molar-refractivity contribution in [3.8, 4) is 39.5 Å². The van der Waals surface area contributed by atoms with Gasteiger partial charge in [-0.05, 0) is 63.0 Å². The van der Waals surface area contributed by atoms with Crippen LogP contribution in [0.15, 0.2) is 121 Å². The highest BCUT2D eigenvalue weighted by molar-refractivity contribution is 6.68. The third-order valence-corrected chi connectivity index (χ3v) is 10.0. The normalized spacial score (nSPS) is 11.5. The Morgan fingerprint density at radius 3 is 1.65 bits per heavy atom. The molecule has 8 heteroatoms. The van der Waals surface area contributed by atoms with E-state index in [1.54, 1.807) is 0 Å². The van der Waals surface area contributed by atoms with E-state index in [0.29, 0.717) is 0 Å². The molecule has 8 rings (SSSR count). The summed E-state index contributed by atoms with van der Waals surface area (Å²) in [7, 11) is 11.3. The molecule has 0 N–H and O–H groups in total. The smallest absolute Gasteiger partial charge is 0.146 e. The largest absolute Gasteiger partial charge is 0.293 e. The van der Waals surface area contributed by atoms with Crippen molar-refractivity contribution in [2.75, 3.05) is 0 Å². The molecular weight excluding hydrogens is 552 g/mol. The Labute approximate surface area is 273 Å². The van der Waals surface area contributed by atoms with E-state index in [9.17, 15) is 0 Å². The minimum absolute atomic E-state index is 0.969. The fraction of sp³-hybridized carbons (Fsp3) is 0. The zero-order valence-electron chi connectivity index (χ0n) is 26.9. The van der Waals surface area contributed by atoms with Crippen LogP contribution in [-0.2, 0) is 0 Å². The van der Waals surface area contributed by atoms with Crippen molar-refractivity contribution in [1.82, 2.24) is 14.5 Å². The molecule has 8 aromatic rings. The molecule has 2 heterocycles. The molecule has 0 aliphatic rings. The minimum atomic E-state index is 0.969. The van der Waals surface area contributed by atoms with Crippen molar-refractivity contribution in [2.45, 2.75) is 0 Å². The van der Waals surface area contributed by atoms with Crippen LogP contribution in [0.3, 0.4) is 0 Å². The lowest BCUT2D eigenvalue weighted by Crippen LogP contribution is -2.56. The standard InChI is InChI=1S/C38H30B5N3/c39-32-33(40)35(42)37(36(43)34(32)41)46-29-18-6-5-17-28(29)45-38(46)31-25-14-3-1-12-23(25)30(24-13-2-4-15-26(24)31)22-11-9-10-21(20-22)27-16-7-8-19-44-27/h1-20H,39-43H2. The average molecular weight is 583 g/mol. The van der Waals surface area contributed by atoms with E-state index < -0.39 is 0 Å². The topological polar surface area (TPSA) is 30.7 Å². The van der Waals surface area contributed by atoms with E-state index in [2.05, 4.69) is 152 Å². The fourth-order valence-corrected chi connectivity index (χ4v) is 7.28. The molecule has 0 spiro atoms. The lowest BCUT2D eigenvalue weighted by atomic mass is 9.61. The Hall–Kier alpha value is -5.22. The van der Waals surface area contributed by atoms with Gasteiger partial charge in [0.2, 0.25) is 0 Å². The Balaban J connectivity index is 1.51. The van der Waals surface area contributed by atoms with Crippen molar-refractivity contribution in [1.29, 1.82) is 0 Å². The van der Waals surface area contributed by atoms with Crippen molar-refractivity contribution in [3.63, 3.8) is 0 Å². The molecular formula is C38H30B5N3. The minimum Gasteiger partial charge on any atom is -0.293 e. The molecule has 6 aromatic carbocycles. The molecule has 212 valence electrons. The van der Waals surface area contributed by atoms with Crippen molar-refractivity contribution < 1.29 is 0 Å².